The molecule has 0 saturated heterocycles. The highest BCUT2D eigenvalue weighted by Gasteiger charge is 2.19. The molecular formula is C21H20N2O. The fourth-order valence-electron chi connectivity index (χ4n) is 2.83. The first kappa shape index (κ1) is 15.9. The molecule has 0 spiro atoms. The van der Waals surface area contributed by atoms with Crippen molar-refractivity contribution in [2.45, 2.75) is 13.8 Å². The van der Waals surface area contributed by atoms with Crippen LogP contribution < -0.4 is 4.90 Å². The number of carbonyl (C=O) groups is 1. The van der Waals surface area contributed by atoms with Gasteiger partial charge in [0.25, 0.3) is 5.91 Å². The van der Waals surface area contributed by atoms with Crippen LogP contribution in [-0.4, -0.2) is 17.9 Å². The van der Waals surface area contributed by atoms with Gasteiger partial charge in [0.05, 0.1) is 16.9 Å². The van der Waals surface area contributed by atoms with Gasteiger partial charge < -0.3 is 4.90 Å². The molecule has 1 amide bonds. The number of aromatic nitrogens is 1. The quantitative estimate of drug-likeness (QED) is 0.705. The van der Waals surface area contributed by atoms with Crippen LogP contribution in [0.4, 0.5) is 5.69 Å². The molecule has 0 bridgehead atoms. The highest BCUT2D eigenvalue weighted by molar-refractivity contribution is 6.08. The smallest absolute Gasteiger partial charge is 0.259 e. The van der Waals surface area contributed by atoms with Crippen molar-refractivity contribution in [2.75, 3.05) is 11.9 Å². The van der Waals surface area contributed by atoms with Gasteiger partial charge in [-0.2, -0.15) is 0 Å². The van der Waals surface area contributed by atoms with E-state index in [0.29, 0.717) is 5.56 Å². The van der Waals surface area contributed by atoms with Gasteiger partial charge in [-0.25, -0.2) is 0 Å². The Morgan fingerprint density at radius 3 is 2.25 bits per heavy atom. The zero-order valence-corrected chi connectivity index (χ0v) is 14.2. The summed E-state index contributed by atoms with van der Waals surface area (Å²) in [6.45, 7) is 3.80. The molecule has 0 unspecified atom stereocenters. The first-order valence-corrected chi connectivity index (χ1v) is 7.94. The molecule has 0 aliphatic rings. The third-order valence-electron chi connectivity index (χ3n) is 4.11. The molecular weight excluding hydrogens is 296 g/mol. The zero-order chi connectivity index (χ0) is 17.1. The van der Waals surface area contributed by atoms with Crippen LogP contribution >= 0.6 is 0 Å². The predicted octanol–water partition coefficient (Wildman–Crippen LogP) is 4.64. The fourth-order valence-corrected chi connectivity index (χ4v) is 2.83. The maximum absolute atomic E-state index is 12.9. The molecule has 2 aromatic carbocycles. The van der Waals surface area contributed by atoms with Gasteiger partial charge in [0.15, 0.2) is 0 Å². The van der Waals surface area contributed by atoms with Gasteiger partial charge in [-0.05, 0) is 37.6 Å². The predicted molar refractivity (Wildman–Crippen MR) is 98.3 cm³/mol. The van der Waals surface area contributed by atoms with Crippen molar-refractivity contribution in [3.8, 4) is 11.1 Å². The molecule has 1 heterocycles. The van der Waals surface area contributed by atoms with Gasteiger partial charge in [-0.15, -0.1) is 0 Å². The zero-order valence-electron chi connectivity index (χ0n) is 14.2. The average Bonchev–Trinajstić information content (AvgIpc) is 2.61. The summed E-state index contributed by atoms with van der Waals surface area (Å²) in [6, 6.07) is 21.8. The topological polar surface area (TPSA) is 33.2 Å². The number of rotatable bonds is 3. The van der Waals surface area contributed by atoms with E-state index in [4.69, 9.17) is 0 Å². The van der Waals surface area contributed by atoms with E-state index in [-0.39, 0.29) is 5.91 Å². The first-order valence-electron chi connectivity index (χ1n) is 7.94. The van der Waals surface area contributed by atoms with E-state index in [1.54, 1.807) is 4.90 Å². The van der Waals surface area contributed by atoms with Crippen molar-refractivity contribution in [3.05, 3.63) is 83.7 Å². The van der Waals surface area contributed by atoms with Crippen molar-refractivity contribution in [1.29, 1.82) is 0 Å². The van der Waals surface area contributed by atoms with E-state index in [9.17, 15) is 4.79 Å². The van der Waals surface area contributed by atoms with Crippen molar-refractivity contribution < 1.29 is 4.79 Å². The summed E-state index contributed by atoms with van der Waals surface area (Å²) < 4.78 is 0. The maximum Gasteiger partial charge on any atom is 0.259 e. The molecule has 0 saturated carbocycles. The maximum atomic E-state index is 12.9. The van der Waals surface area contributed by atoms with Crippen molar-refractivity contribution in [3.63, 3.8) is 0 Å². The van der Waals surface area contributed by atoms with Crippen LogP contribution in [0, 0.1) is 13.8 Å². The van der Waals surface area contributed by atoms with Gasteiger partial charge in [0, 0.05) is 18.3 Å². The summed E-state index contributed by atoms with van der Waals surface area (Å²) in [7, 11) is 1.81. The number of amides is 1. The molecule has 0 radical (unpaired) electrons. The number of hydrogen-bond donors (Lipinski definition) is 0. The van der Waals surface area contributed by atoms with Gasteiger partial charge in [0.2, 0.25) is 0 Å². The second kappa shape index (κ2) is 6.67. The van der Waals surface area contributed by atoms with Gasteiger partial charge >= 0.3 is 0 Å². The highest BCUT2D eigenvalue weighted by Crippen LogP contribution is 2.30. The molecule has 24 heavy (non-hydrogen) atoms. The summed E-state index contributed by atoms with van der Waals surface area (Å²) in [5, 5.41) is 0. The Hall–Kier alpha value is -2.94. The Bertz CT molecular complexity index is 872. The van der Waals surface area contributed by atoms with Crippen LogP contribution in [0.25, 0.3) is 11.1 Å². The number of anilines is 1. The van der Waals surface area contributed by atoms with Gasteiger partial charge in [0.1, 0.15) is 0 Å². The van der Waals surface area contributed by atoms with E-state index >= 15 is 0 Å². The van der Waals surface area contributed by atoms with E-state index < -0.39 is 0 Å². The third kappa shape index (κ3) is 3.06. The lowest BCUT2D eigenvalue weighted by atomic mass is 10.0. The Balaban J connectivity index is 2.02. The van der Waals surface area contributed by atoms with Crippen LogP contribution in [0.5, 0.6) is 0 Å². The molecule has 3 rings (SSSR count). The molecule has 0 atom stereocenters. The summed E-state index contributed by atoms with van der Waals surface area (Å²) in [4.78, 5) is 19.0. The number of nitrogens with zero attached hydrogens (tertiary/aromatic N) is 2. The lowest BCUT2D eigenvalue weighted by Gasteiger charge is -2.21. The Morgan fingerprint density at radius 1 is 0.875 bits per heavy atom. The molecule has 0 aliphatic heterocycles. The first-order chi connectivity index (χ1) is 11.6. The van der Waals surface area contributed by atoms with E-state index in [0.717, 1.165) is 28.2 Å². The SMILES string of the molecule is Cc1ccc(C(=O)N(C)c2ccccc2-c2ccccc2)c(C)n1. The number of pyridine rings is 1. The normalized spacial score (nSPS) is 10.5. The van der Waals surface area contributed by atoms with E-state index in [2.05, 4.69) is 17.1 Å². The molecule has 1 aromatic heterocycles. The Kier molecular flexibility index (Phi) is 4.43. The minimum Gasteiger partial charge on any atom is -0.311 e. The largest absolute Gasteiger partial charge is 0.311 e. The van der Waals surface area contributed by atoms with E-state index in [1.807, 2.05) is 75.5 Å². The second-order valence-electron chi connectivity index (χ2n) is 5.83. The Labute approximate surface area is 142 Å². The minimum absolute atomic E-state index is 0.0524. The van der Waals surface area contributed by atoms with Crippen molar-refractivity contribution in [2.24, 2.45) is 0 Å². The lowest BCUT2D eigenvalue weighted by molar-refractivity contribution is 0.0992. The summed E-state index contributed by atoms with van der Waals surface area (Å²) in [5.41, 5.74) is 5.30. The Morgan fingerprint density at radius 2 is 1.54 bits per heavy atom. The molecule has 0 aliphatic carbocycles. The molecule has 3 aromatic rings. The average molecular weight is 316 g/mol. The van der Waals surface area contributed by atoms with Gasteiger partial charge in [-0.1, -0.05) is 48.5 Å². The molecule has 0 fully saturated rings. The molecule has 3 heteroatoms. The molecule has 3 nitrogen and oxygen atoms in total. The number of benzene rings is 2. The van der Waals surface area contributed by atoms with Crippen LogP contribution in [0.3, 0.4) is 0 Å². The number of aryl methyl sites for hydroxylation is 2. The van der Waals surface area contributed by atoms with Crippen LogP contribution in [-0.2, 0) is 0 Å². The molecule has 0 N–H and O–H groups in total. The summed E-state index contributed by atoms with van der Waals surface area (Å²) in [5.74, 6) is -0.0524. The monoisotopic (exact) mass is 316 g/mol. The number of hydrogen-bond acceptors (Lipinski definition) is 2. The number of para-hydroxylation sites is 1. The lowest BCUT2D eigenvalue weighted by Crippen LogP contribution is -2.27. The molecule has 120 valence electrons. The number of carbonyl (C=O) groups excluding carboxylic acids is 1. The van der Waals surface area contributed by atoms with E-state index in [1.165, 1.54) is 0 Å². The minimum atomic E-state index is -0.0524. The van der Waals surface area contributed by atoms with Crippen molar-refractivity contribution >= 4 is 11.6 Å². The van der Waals surface area contributed by atoms with Crippen molar-refractivity contribution in [1.82, 2.24) is 4.98 Å². The van der Waals surface area contributed by atoms with Crippen LogP contribution in [0.2, 0.25) is 0 Å². The standard InChI is InChI=1S/C21H20N2O/c1-15-13-14-18(16(2)22-15)21(24)23(3)20-12-8-7-11-19(20)17-9-5-4-6-10-17/h4-14H,1-3H3. The van der Waals surface area contributed by atoms with Crippen LogP contribution in [0.15, 0.2) is 66.7 Å². The summed E-state index contributed by atoms with van der Waals surface area (Å²) >= 11 is 0. The fraction of sp³-hybridized carbons (Fsp3) is 0.143. The summed E-state index contributed by atoms with van der Waals surface area (Å²) in [6.07, 6.45) is 0. The van der Waals surface area contributed by atoms with Crippen LogP contribution in [0.1, 0.15) is 21.7 Å². The van der Waals surface area contributed by atoms with Gasteiger partial charge in [-0.3, -0.25) is 9.78 Å². The third-order valence-corrected chi connectivity index (χ3v) is 4.11. The second-order valence-corrected chi connectivity index (χ2v) is 5.83. The highest BCUT2D eigenvalue weighted by atomic mass is 16.2.